The second-order valence-corrected chi connectivity index (χ2v) is 4.89. The minimum absolute atomic E-state index is 0.240. The number of hydrogen-bond donors (Lipinski definition) is 3. The summed E-state index contributed by atoms with van der Waals surface area (Å²) in [6, 6.07) is 4.99. The van der Waals surface area contributed by atoms with E-state index in [0.717, 1.165) is 5.56 Å². The van der Waals surface area contributed by atoms with Gasteiger partial charge in [-0.15, -0.1) is 0 Å². The summed E-state index contributed by atoms with van der Waals surface area (Å²) in [7, 11) is 1.53. The van der Waals surface area contributed by atoms with Crippen molar-refractivity contribution in [2.24, 2.45) is 11.8 Å². The smallest absolute Gasteiger partial charge is 0.307 e. The molecule has 1 aliphatic rings. The average Bonchev–Trinajstić information content (AvgIpc) is 3.20. The first kappa shape index (κ1) is 14.0. The summed E-state index contributed by atoms with van der Waals surface area (Å²) < 4.78 is 0. The van der Waals surface area contributed by atoms with E-state index in [1.807, 2.05) is 6.92 Å². The predicted octanol–water partition coefficient (Wildman–Crippen LogP) is 1.01. The maximum absolute atomic E-state index is 11.9. The van der Waals surface area contributed by atoms with E-state index in [4.69, 9.17) is 5.11 Å². The van der Waals surface area contributed by atoms with Gasteiger partial charge in [0.05, 0.1) is 11.8 Å². The minimum Gasteiger partial charge on any atom is -0.481 e. The molecule has 1 fully saturated rings. The number of carboxylic acid groups (broad SMARTS) is 1. The highest BCUT2D eigenvalue weighted by Crippen LogP contribution is 2.39. The van der Waals surface area contributed by atoms with Crippen LogP contribution in [-0.2, 0) is 9.59 Å². The van der Waals surface area contributed by atoms with Crippen LogP contribution in [0.4, 0.5) is 5.69 Å². The van der Waals surface area contributed by atoms with Crippen molar-refractivity contribution in [1.29, 1.82) is 0 Å². The molecule has 106 valence electrons. The number of hydrogen-bond acceptors (Lipinski definition) is 3. The van der Waals surface area contributed by atoms with Gasteiger partial charge in [0.25, 0.3) is 5.91 Å². The van der Waals surface area contributed by atoms with Crippen molar-refractivity contribution in [2.75, 3.05) is 12.4 Å². The first-order valence-corrected chi connectivity index (χ1v) is 6.30. The Bertz CT molecular complexity index is 583. The van der Waals surface area contributed by atoms with Crippen molar-refractivity contribution in [1.82, 2.24) is 5.32 Å². The third kappa shape index (κ3) is 2.79. The van der Waals surface area contributed by atoms with Crippen LogP contribution >= 0.6 is 0 Å². The molecule has 2 rings (SSSR count). The summed E-state index contributed by atoms with van der Waals surface area (Å²) in [5.41, 5.74) is 1.80. The molecule has 6 nitrogen and oxygen atoms in total. The normalized spacial score (nSPS) is 20.1. The minimum atomic E-state index is -0.944. The van der Waals surface area contributed by atoms with Gasteiger partial charge in [-0.3, -0.25) is 14.4 Å². The van der Waals surface area contributed by atoms with Crippen LogP contribution in [0.25, 0.3) is 0 Å². The second-order valence-electron chi connectivity index (χ2n) is 4.89. The monoisotopic (exact) mass is 276 g/mol. The number of benzene rings is 1. The van der Waals surface area contributed by atoms with Gasteiger partial charge in [0.1, 0.15) is 0 Å². The summed E-state index contributed by atoms with van der Waals surface area (Å²) in [4.78, 5) is 34.2. The third-order valence-electron chi connectivity index (χ3n) is 3.43. The predicted molar refractivity (Wildman–Crippen MR) is 72.4 cm³/mol. The molecule has 0 aromatic heterocycles. The van der Waals surface area contributed by atoms with Crippen LogP contribution in [0.5, 0.6) is 0 Å². The van der Waals surface area contributed by atoms with Gasteiger partial charge >= 0.3 is 5.97 Å². The van der Waals surface area contributed by atoms with E-state index in [1.165, 1.54) is 7.05 Å². The summed E-state index contributed by atoms with van der Waals surface area (Å²) in [6.45, 7) is 1.81. The van der Waals surface area contributed by atoms with Crippen molar-refractivity contribution < 1.29 is 19.5 Å². The van der Waals surface area contributed by atoms with Gasteiger partial charge in [0.2, 0.25) is 5.91 Å². The molecule has 1 aromatic rings. The lowest BCUT2D eigenvalue weighted by molar-refractivity contribution is -0.139. The Morgan fingerprint density at radius 1 is 1.25 bits per heavy atom. The van der Waals surface area contributed by atoms with E-state index in [1.54, 1.807) is 18.2 Å². The van der Waals surface area contributed by atoms with E-state index in [0.29, 0.717) is 17.7 Å². The van der Waals surface area contributed by atoms with Crippen molar-refractivity contribution in [2.45, 2.75) is 13.3 Å². The molecule has 1 aliphatic carbocycles. The SMILES string of the molecule is CNC(=O)c1ccc(C)c(NC(=O)[C@@H]2C[C@@H]2C(=O)O)c1. The van der Waals surface area contributed by atoms with E-state index in [-0.39, 0.29) is 11.8 Å². The molecule has 0 saturated heterocycles. The molecule has 0 spiro atoms. The molecule has 0 heterocycles. The van der Waals surface area contributed by atoms with Gasteiger partial charge in [-0.1, -0.05) is 6.07 Å². The fourth-order valence-electron chi connectivity index (χ4n) is 2.03. The van der Waals surface area contributed by atoms with Crippen LogP contribution in [0.1, 0.15) is 22.3 Å². The van der Waals surface area contributed by atoms with Crippen LogP contribution in [0.15, 0.2) is 18.2 Å². The third-order valence-corrected chi connectivity index (χ3v) is 3.43. The number of aliphatic carboxylic acids is 1. The Morgan fingerprint density at radius 3 is 2.50 bits per heavy atom. The zero-order valence-electron chi connectivity index (χ0n) is 11.3. The van der Waals surface area contributed by atoms with Gasteiger partial charge in [0, 0.05) is 18.3 Å². The highest BCUT2D eigenvalue weighted by Gasteiger charge is 2.48. The Kier molecular flexibility index (Phi) is 3.74. The molecular weight excluding hydrogens is 260 g/mol. The van der Waals surface area contributed by atoms with Gasteiger partial charge in [0.15, 0.2) is 0 Å². The van der Waals surface area contributed by atoms with Crippen molar-refractivity contribution in [3.63, 3.8) is 0 Å². The molecule has 6 heteroatoms. The molecule has 2 amide bonds. The van der Waals surface area contributed by atoms with E-state index < -0.39 is 17.8 Å². The summed E-state index contributed by atoms with van der Waals surface area (Å²) in [6.07, 6.45) is 0.370. The summed E-state index contributed by atoms with van der Waals surface area (Å²) in [5, 5.41) is 14.0. The first-order chi connectivity index (χ1) is 9.43. The molecule has 1 saturated carbocycles. The lowest BCUT2D eigenvalue weighted by atomic mass is 10.1. The van der Waals surface area contributed by atoms with Crippen molar-refractivity contribution >= 4 is 23.5 Å². The largest absolute Gasteiger partial charge is 0.481 e. The highest BCUT2D eigenvalue weighted by molar-refractivity contribution is 6.00. The number of carboxylic acids is 1. The molecule has 3 N–H and O–H groups in total. The molecule has 0 bridgehead atoms. The number of amides is 2. The van der Waals surface area contributed by atoms with Crippen molar-refractivity contribution in [3.8, 4) is 0 Å². The van der Waals surface area contributed by atoms with Crippen LogP contribution in [0.3, 0.4) is 0 Å². The Balaban J connectivity index is 2.11. The van der Waals surface area contributed by atoms with E-state index in [9.17, 15) is 14.4 Å². The number of anilines is 1. The van der Waals surface area contributed by atoms with Crippen LogP contribution in [0, 0.1) is 18.8 Å². The van der Waals surface area contributed by atoms with E-state index in [2.05, 4.69) is 10.6 Å². The van der Waals surface area contributed by atoms with Crippen LogP contribution < -0.4 is 10.6 Å². The topological polar surface area (TPSA) is 95.5 Å². The van der Waals surface area contributed by atoms with Crippen molar-refractivity contribution in [3.05, 3.63) is 29.3 Å². The van der Waals surface area contributed by atoms with Gasteiger partial charge in [-0.05, 0) is 31.0 Å². The lowest BCUT2D eigenvalue weighted by Gasteiger charge is -2.10. The Morgan fingerprint density at radius 2 is 1.95 bits per heavy atom. The number of aryl methyl sites for hydroxylation is 1. The van der Waals surface area contributed by atoms with Gasteiger partial charge in [-0.2, -0.15) is 0 Å². The molecule has 2 atom stereocenters. The lowest BCUT2D eigenvalue weighted by Crippen LogP contribution is -2.20. The average molecular weight is 276 g/mol. The zero-order chi connectivity index (χ0) is 14.9. The molecular formula is C14H16N2O4. The van der Waals surface area contributed by atoms with Gasteiger partial charge < -0.3 is 15.7 Å². The number of carbonyl (C=O) groups excluding carboxylic acids is 2. The maximum Gasteiger partial charge on any atom is 0.307 e. The quantitative estimate of drug-likeness (QED) is 0.765. The zero-order valence-corrected chi connectivity index (χ0v) is 11.3. The Hall–Kier alpha value is -2.37. The fourth-order valence-corrected chi connectivity index (χ4v) is 2.03. The molecule has 0 radical (unpaired) electrons. The summed E-state index contributed by atoms with van der Waals surface area (Å²) in [5.74, 6) is -2.56. The van der Waals surface area contributed by atoms with Crippen LogP contribution in [0.2, 0.25) is 0 Å². The molecule has 0 aliphatic heterocycles. The number of carbonyl (C=O) groups is 3. The molecule has 20 heavy (non-hydrogen) atoms. The van der Waals surface area contributed by atoms with E-state index >= 15 is 0 Å². The summed E-state index contributed by atoms with van der Waals surface area (Å²) >= 11 is 0. The fraction of sp³-hybridized carbons (Fsp3) is 0.357. The number of rotatable bonds is 4. The molecule has 1 aromatic carbocycles. The standard InChI is InChI=1S/C14H16N2O4/c1-7-3-4-8(12(17)15-2)5-11(7)16-13(18)9-6-10(9)14(19)20/h3-5,9-10H,6H2,1-2H3,(H,15,17)(H,16,18)(H,19,20)/t9-,10+/m1/s1. The first-order valence-electron chi connectivity index (χ1n) is 6.30. The van der Waals surface area contributed by atoms with Gasteiger partial charge in [-0.25, -0.2) is 0 Å². The second kappa shape index (κ2) is 5.32. The number of nitrogens with one attached hydrogen (secondary N) is 2. The van der Waals surface area contributed by atoms with Crippen LogP contribution in [-0.4, -0.2) is 29.9 Å². The maximum atomic E-state index is 11.9. The highest BCUT2D eigenvalue weighted by atomic mass is 16.4. The molecule has 0 unspecified atom stereocenters. The Labute approximate surface area is 116 Å².